The zero-order chi connectivity index (χ0) is 27.1. The van der Waals surface area contributed by atoms with Gasteiger partial charge in [0.1, 0.15) is 6.10 Å². The maximum atomic E-state index is 11.9. The number of aliphatic hydroxyl groups excluding tert-OH is 1. The van der Waals surface area contributed by atoms with Crippen molar-refractivity contribution in [2.24, 2.45) is 5.41 Å². The number of aliphatic hydroxyl groups is 1. The van der Waals surface area contributed by atoms with Crippen LogP contribution in [0.4, 0.5) is 0 Å². The van der Waals surface area contributed by atoms with Crippen molar-refractivity contribution in [3.63, 3.8) is 0 Å². The molecule has 0 aromatic carbocycles. The number of allylic oxidation sites excluding steroid dienone is 10. The first kappa shape index (κ1) is 33.5. The first-order valence-corrected chi connectivity index (χ1v) is 12.7. The second-order valence-electron chi connectivity index (χ2n) is 9.01. The van der Waals surface area contributed by atoms with Crippen LogP contribution in [0.25, 0.3) is 0 Å². The molecular weight excluding hydrogens is 460 g/mol. The maximum absolute atomic E-state index is 11.9. The van der Waals surface area contributed by atoms with Crippen LogP contribution in [0.2, 0.25) is 0 Å². The largest absolute Gasteiger partial charge is 0.762 e. The van der Waals surface area contributed by atoms with Gasteiger partial charge in [-0.15, -0.1) is 0 Å². The predicted molar refractivity (Wildman–Crippen MR) is 145 cm³/mol. The zero-order valence-electron chi connectivity index (χ0n) is 22.1. The standard InChI is InChI=1S/C28H45N2O6/c1-4-5-6-7-8-9-10-11-12-13-14-15-16-17-18-19-20-23-30(35)36-24-28(2,3)26(33)27(34)29-22-21-25(31)32/h5-6,8-9,11-12,14-15,17-18,26,33H,4,7,10,13,16,19-24H2,1-3H3,(H,29,34)(H,31,32)/q-1/b6-5-,9-8-,12-11-,15-14-,18-17-/t26-/m0/s1. The first-order valence-electron chi connectivity index (χ1n) is 12.7. The van der Waals surface area contributed by atoms with Crippen molar-refractivity contribution >= 4 is 11.9 Å². The van der Waals surface area contributed by atoms with Crippen LogP contribution in [0.15, 0.2) is 60.8 Å². The van der Waals surface area contributed by atoms with E-state index in [2.05, 4.69) is 66.9 Å². The van der Waals surface area contributed by atoms with Crippen molar-refractivity contribution in [2.45, 2.75) is 78.2 Å². The third-order valence-electron chi connectivity index (χ3n) is 5.08. The number of aliphatic carboxylic acids is 1. The molecule has 204 valence electrons. The number of carbonyl (C=O) groups is 2. The molecule has 1 amide bonds. The van der Waals surface area contributed by atoms with Crippen LogP contribution in [0.1, 0.15) is 72.1 Å². The number of hydrogen-bond donors (Lipinski definition) is 3. The van der Waals surface area contributed by atoms with E-state index in [4.69, 9.17) is 9.94 Å². The van der Waals surface area contributed by atoms with Crippen LogP contribution in [0.5, 0.6) is 0 Å². The topological polar surface area (TPSA) is 122 Å². The number of rotatable bonds is 21. The molecule has 0 bridgehead atoms. The summed E-state index contributed by atoms with van der Waals surface area (Å²) in [4.78, 5) is 27.6. The van der Waals surface area contributed by atoms with Crippen molar-refractivity contribution in [1.82, 2.24) is 10.5 Å². The van der Waals surface area contributed by atoms with E-state index < -0.39 is 23.4 Å². The van der Waals surface area contributed by atoms with Crippen molar-refractivity contribution in [3.05, 3.63) is 66.0 Å². The van der Waals surface area contributed by atoms with Gasteiger partial charge in [-0.2, -0.15) is 0 Å². The van der Waals surface area contributed by atoms with Crippen molar-refractivity contribution in [3.8, 4) is 0 Å². The molecule has 8 nitrogen and oxygen atoms in total. The third-order valence-corrected chi connectivity index (χ3v) is 5.08. The Labute approximate surface area is 216 Å². The number of unbranched alkanes of at least 4 members (excludes halogenated alkanes) is 1. The Balaban J connectivity index is 3.91. The second kappa shape index (κ2) is 21.7. The SMILES string of the molecule is CC/C=C\C/C=C\C/C=C\C/C=C\C/C=C\CCCN([O-])OCC(C)(C)[C@@H](O)C(=O)NCCC(=O)O. The van der Waals surface area contributed by atoms with Gasteiger partial charge >= 0.3 is 5.97 Å². The quantitative estimate of drug-likeness (QED) is 0.111. The Kier molecular flexibility index (Phi) is 20.2. The van der Waals surface area contributed by atoms with Gasteiger partial charge in [0.2, 0.25) is 5.91 Å². The smallest absolute Gasteiger partial charge is 0.305 e. The molecule has 1 atom stereocenters. The molecule has 3 N–H and O–H groups in total. The number of hydroxylamine groups is 2. The summed E-state index contributed by atoms with van der Waals surface area (Å²) in [6, 6.07) is 0. The van der Waals surface area contributed by atoms with Crippen LogP contribution in [0.3, 0.4) is 0 Å². The van der Waals surface area contributed by atoms with Gasteiger partial charge in [0.15, 0.2) is 0 Å². The van der Waals surface area contributed by atoms with Crippen LogP contribution >= 0.6 is 0 Å². The minimum atomic E-state index is -1.43. The van der Waals surface area contributed by atoms with Gasteiger partial charge in [0.05, 0.1) is 13.0 Å². The molecule has 0 heterocycles. The van der Waals surface area contributed by atoms with E-state index in [1.807, 2.05) is 6.08 Å². The monoisotopic (exact) mass is 505 g/mol. The summed E-state index contributed by atoms with van der Waals surface area (Å²) < 4.78 is 0. The van der Waals surface area contributed by atoms with Crippen molar-refractivity contribution < 1.29 is 24.6 Å². The molecule has 0 radical (unpaired) electrons. The Morgan fingerprint density at radius 3 is 1.94 bits per heavy atom. The van der Waals surface area contributed by atoms with Gasteiger partial charge in [-0.05, 0) is 44.9 Å². The first-order chi connectivity index (χ1) is 17.2. The number of carbonyl (C=O) groups excluding carboxylic acids is 1. The molecule has 0 spiro atoms. The molecule has 0 fully saturated rings. The Bertz CT molecular complexity index is 740. The summed E-state index contributed by atoms with van der Waals surface area (Å²) in [6.07, 6.45) is 25.8. The fraction of sp³-hybridized carbons (Fsp3) is 0.571. The van der Waals surface area contributed by atoms with E-state index in [0.29, 0.717) is 11.6 Å². The summed E-state index contributed by atoms with van der Waals surface area (Å²) in [7, 11) is 0. The van der Waals surface area contributed by atoms with Crippen LogP contribution < -0.4 is 5.32 Å². The van der Waals surface area contributed by atoms with Gasteiger partial charge in [-0.25, -0.2) is 0 Å². The summed E-state index contributed by atoms with van der Waals surface area (Å²) in [6.45, 7) is 5.27. The van der Waals surface area contributed by atoms with E-state index in [-0.39, 0.29) is 26.1 Å². The van der Waals surface area contributed by atoms with Gasteiger partial charge < -0.3 is 25.6 Å². The highest BCUT2D eigenvalue weighted by atomic mass is 16.9. The third kappa shape index (κ3) is 19.8. The minimum Gasteiger partial charge on any atom is -0.762 e. The van der Waals surface area contributed by atoms with Crippen molar-refractivity contribution in [2.75, 3.05) is 19.7 Å². The van der Waals surface area contributed by atoms with Crippen LogP contribution in [-0.2, 0) is 14.4 Å². The number of amides is 1. The summed E-state index contributed by atoms with van der Waals surface area (Å²) in [5, 5.41) is 33.5. The number of carboxylic acid groups (broad SMARTS) is 1. The highest BCUT2D eigenvalue weighted by Gasteiger charge is 2.34. The maximum Gasteiger partial charge on any atom is 0.305 e. The molecule has 8 heteroatoms. The molecule has 36 heavy (non-hydrogen) atoms. The van der Waals surface area contributed by atoms with E-state index in [0.717, 1.165) is 38.5 Å². The molecule has 0 aromatic heterocycles. The molecule has 0 aromatic rings. The molecule has 0 aliphatic heterocycles. The molecule has 0 aliphatic rings. The molecule has 0 rings (SSSR count). The fourth-order valence-electron chi connectivity index (χ4n) is 2.83. The van der Waals surface area contributed by atoms with E-state index in [1.54, 1.807) is 13.8 Å². The Morgan fingerprint density at radius 2 is 1.44 bits per heavy atom. The molecule has 0 saturated carbocycles. The number of nitrogens with one attached hydrogen (secondary N) is 1. The lowest BCUT2D eigenvalue weighted by atomic mass is 9.87. The van der Waals surface area contributed by atoms with Crippen LogP contribution in [0, 0.1) is 10.6 Å². The van der Waals surface area contributed by atoms with E-state index in [9.17, 15) is 19.9 Å². The number of nitrogens with zero attached hydrogens (tertiary/aromatic N) is 1. The lowest BCUT2D eigenvalue weighted by molar-refractivity contribution is -0.169. The average molecular weight is 506 g/mol. The lowest BCUT2D eigenvalue weighted by Gasteiger charge is -2.34. The second-order valence-corrected chi connectivity index (χ2v) is 9.01. The van der Waals surface area contributed by atoms with Gasteiger partial charge in [0.25, 0.3) is 0 Å². The average Bonchev–Trinajstić information content (AvgIpc) is 2.83. The molecule has 0 saturated heterocycles. The summed E-state index contributed by atoms with van der Waals surface area (Å²) >= 11 is 0. The summed E-state index contributed by atoms with van der Waals surface area (Å²) in [5.41, 5.74) is -1.01. The van der Waals surface area contributed by atoms with E-state index >= 15 is 0 Å². The van der Waals surface area contributed by atoms with Gasteiger partial charge in [-0.3, -0.25) is 14.8 Å². The van der Waals surface area contributed by atoms with E-state index in [1.165, 1.54) is 0 Å². The number of carboxylic acids is 1. The minimum absolute atomic E-state index is 0.0777. The van der Waals surface area contributed by atoms with Gasteiger partial charge in [-0.1, -0.05) is 81.5 Å². The highest BCUT2D eigenvalue weighted by Crippen LogP contribution is 2.22. The van der Waals surface area contributed by atoms with Crippen LogP contribution in [-0.4, -0.2) is 53.1 Å². The molecule has 0 aliphatic carbocycles. The predicted octanol–water partition coefficient (Wildman–Crippen LogP) is 5.23. The molecule has 0 unspecified atom stereocenters. The van der Waals surface area contributed by atoms with Gasteiger partial charge in [0, 0.05) is 18.5 Å². The van der Waals surface area contributed by atoms with Crippen molar-refractivity contribution in [1.29, 1.82) is 0 Å². The highest BCUT2D eigenvalue weighted by molar-refractivity contribution is 5.81. The number of hydrogen-bond acceptors (Lipinski definition) is 6. The lowest BCUT2D eigenvalue weighted by Crippen LogP contribution is -2.47. The zero-order valence-corrected chi connectivity index (χ0v) is 22.1. The normalized spacial score (nSPS) is 13.8. The molecular formula is C28H45N2O6-. The summed E-state index contributed by atoms with van der Waals surface area (Å²) in [5.74, 6) is -1.74. The fourth-order valence-corrected chi connectivity index (χ4v) is 2.83. The Morgan fingerprint density at radius 1 is 0.944 bits per heavy atom. The Hall–Kier alpha value is -2.52.